The Bertz CT molecular complexity index is 1020. The lowest BCUT2D eigenvalue weighted by molar-refractivity contribution is 0.0855. The Labute approximate surface area is 176 Å². The van der Waals surface area contributed by atoms with Crippen LogP contribution in [0.1, 0.15) is 47.9 Å². The first-order valence-corrected chi connectivity index (χ1v) is 11.4. The standard InChI is InChI=1S/C20H28N4O5S/c1-12-8-14(28-5)9-13(2)17(12)30(26,27)10-16-23-18(24-29-16)19(25)22-15-6-7-21-11-20(15,3)4/h8-9,15,21H,6-7,10-11H2,1-5H3,(H,22,25). The van der Waals surface area contributed by atoms with Crippen LogP contribution in [-0.4, -0.2) is 50.7 Å². The summed E-state index contributed by atoms with van der Waals surface area (Å²) in [5.41, 5.74) is 1.02. The minimum atomic E-state index is -3.75. The molecule has 1 amide bonds. The Balaban J connectivity index is 1.76. The first-order chi connectivity index (χ1) is 14.0. The monoisotopic (exact) mass is 436 g/mol. The molecule has 1 aromatic heterocycles. The zero-order valence-electron chi connectivity index (χ0n) is 17.9. The lowest BCUT2D eigenvalue weighted by Crippen LogP contribution is -2.54. The highest BCUT2D eigenvalue weighted by Crippen LogP contribution is 2.28. The van der Waals surface area contributed by atoms with Crippen molar-refractivity contribution in [3.63, 3.8) is 0 Å². The molecular weight excluding hydrogens is 408 g/mol. The molecule has 1 unspecified atom stereocenters. The smallest absolute Gasteiger partial charge is 0.292 e. The van der Waals surface area contributed by atoms with Crippen LogP contribution in [-0.2, 0) is 15.6 Å². The number of aryl methyl sites for hydroxylation is 2. The summed E-state index contributed by atoms with van der Waals surface area (Å²) in [6.45, 7) is 9.14. The van der Waals surface area contributed by atoms with E-state index in [1.165, 1.54) is 7.11 Å². The molecule has 0 bridgehead atoms. The van der Waals surface area contributed by atoms with Gasteiger partial charge in [-0.25, -0.2) is 8.42 Å². The van der Waals surface area contributed by atoms with E-state index in [0.717, 1.165) is 19.5 Å². The summed E-state index contributed by atoms with van der Waals surface area (Å²) in [6.07, 6.45) is 0.786. The van der Waals surface area contributed by atoms with Crippen LogP contribution >= 0.6 is 0 Å². The average molecular weight is 437 g/mol. The number of hydrogen-bond donors (Lipinski definition) is 2. The van der Waals surface area contributed by atoms with E-state index in [1.807, 2.05) is 0 Å². The second kappa shape index (κ2) is 8.35. The number of nitrogens with one attached hydrogen (secondary N) is 2. The molecular formula is C20H28N4O5S. The topological polar surface area (TPSA) is 123 Å². The van der Waals surface area contributed by atoms with Crippen molar-refractivity contribution in [2.24, 2.45) is 5.41 Å². The van der Waals surface area contributed by atoms with Crippen molar-refractivity contribution < 1.29 is 22.5 Å². The fourth-order valence-electron chi connectivity index (χ4n) is 3.82. The van der Waals surface area contributed by atoms with E-state index in [1.54, 1.807) is 26.0 Å². The van der Waals surface area contributed by atoms with E-state index in [4.69, 9.17) is 9.26 Å². The first-order valence-electron chi connectivity index (χ1n) is 9.75. The molecule has 2 aromatic rings. The average Bonchev–Trinajstić information content (AvgIpc) is 3.10. The maximum atomic E-state index is 12.9. The van der Waals surface area contributed by atoms with Crippen molar-refractivity contribution >= 4 is 15.7 Å². The Morgan fingerprint density at radius 1 is 1.33 bits per heavy atom. The second-order valence-corrected chi connectivity index (χ2v) is 10.3. The molecule has 3 rings (SSSR count). The van der Waals surface area contributed by atoms with Crippen LogP contribution in [0.2, 0.25) is 0 Å². The number of amides is 1. The summed E-state index contributed by atoms with van der Waals surface area (Å²) < 4.78 is 36.2. The van der Waals surface area contributed by atoms with Gasteiger partial charge in [0, 0.05) is 12.6 Å². The van der Waals surface area contributed by atoms with Crippen LogP contribution in [0.3, 0.4) is 0 Å². The Morgan fingerprint density at radius 2 is 2.00 bits per heavy atom. The van der Waals surface area contributed by atoms with Gasteiger partial charge in [0.15, 0.2) is 9.84 Å². The van der Waals surface area contributed by atoms with E-state index < -0.39 is 21.5 Å². The minimum absolute atomic E-state index is 0.0402. The number of carbonyl (C=O) groups excluding carboxylic acids is 1. The molecule has 1 saturated heterocycles. The van der Waals surface area contributed by atoms with Crippen LogP contribution < -0.4 is 15.4 Å². The number of sulfone groups is 1. The number of carbonyl (C=O) groups is 1. The van der Waals surface area contributed by atoms with Crippen molar-refractivity contribution in [1.82, 2.24) is 20.8 Å². The highest BCUT2D eigenvalue weighted by molar-refractivity contribution is 7.90. The predicted molar refractivity (Wildman–Crippen MR) is 110 cm³/mol. The fraction of sp³-hybridized carbons (Fsp3) is 0.550. The molecule has 0 saturated carbocycles. The number of ether oxygens (including phenoxy) is 1. The zero-order valence-corrected chi connectivity index (χ0v) is 18.7. The van der Waals surface area contributed by atoms with Gasteiger partial charge in [-0.3, -0.25) is 4.79 Å². The molecule has 0 radical (unpaired) electrons. The zero-order chi connectivity index (χ0) is 22.1. The van der Waals surface area contributed by atoms with E-state index in [-0.39, 0.29) is 28.1 Å². The van der Waals surface area contributed by atoms with Crippen molar-refractivity contribution in [1.29, 1.82) is 0 Å². The lowest BCUT2D eigenvalue weighted by Gasteiger charge is -2.39. The Kier molecular flexibility index (Phi) is 6.19. The molecule has 10 heteroatoms. The summed E-state index contributed by atoms with van der Waals surface area (Å²) in [5, 5.41) is 9.92. The van der Waals surface area contributed by atoms with Gasteiger partial charge in [0.05, 0.1) is 12.0 Å². The van der Waals surface area contributed by atoms with Crippen molar-refractivity contribution in [3.05, 3.63) is 35.0 Å². The SMILES string of the molecule is COc1cc(C)c(S(=O)(=O)Cc2nc(C(=O)NC3CCNCC3(C)C)no2)c(C)c1. The third-order valence-electron chi connectivity index (χ3n) is 5.40. The van der Waals surface area contributed by atoms with E-state index in [0.29, 0.717) is 16.9 Å². The van der Waals surface area contributed by atoms with Gasteiger partial charge in [0.25, 0.3) is 11.7 Å². The van der Waals surface area contributed by atoms with Gasteiger partial charge in [0.1, 0.15) is 11.5 Å². The number of rotatable bonds is 6. The molecule has 164 valence electrons. The largest absolute Gasteiger partial charge is 0.497 e. The van der Waals surface area contributed by atoms with Gasteiger partial charge < -0.3 is 19.9 Å². The molecule has 1 aliphatic rings. The van der Waals surface area contributed by atoms with Crippen LogP contribution in [0.4, 0.5) is 0 Å². The fourth-order valence-corrected chi connectivity index (χ4v) is 5.51. The van der Waals surface area contributed by atoms with Gasteiger partial charge in [-0.15, -0.1) is 0 Å². The quantitative estimate of drug-likeness (QED) is 0.702. The van der Waals surface area contributed by atoms with Crippen LogP contribution in [0.15, 0.2) is 21.6 Å². The van der Waals surface area contributed by atoms with E-state index in [9.17, 15) is 13.2 Å². The molecule has 1 aromatic carbocycles. The molecule has 1 fully saturated rings. The van der Waals surface area contributed by atoms with Gasteiger partial charge in [-0.2, -0.15) is 4.98 Å². The summed E-state index contributed by atoms with van der Waals surface area (Å²) in [6, 6.07) is 3.28. The number of aromatic nitrogens is 2. The maximum Gasteiger partial charge on any atom is 0.292 e. The summed E-state index contributed by atoms with van der Waals surface area (Å²) in [7, 11) is -2.22. The van der Waals surface area contributed by atoms with E-state index >= 15 is 0 Å². The third kappa shape index (κ3) is 4.65. The molecule has 0 aliphatic carbocycles. The molecule has 0 spiro atoms. The van der Waals surface area contributed by atoms with Crippen LogP contribution in [0.5, 0.6) is 5.75 Å². The van der Waals surface area contributed by atoms with Crippen molar-refractivity contribution in [3.8, 4) is 5.75 Å². The molecule has 9 nitrogen and oxygen atoms in total. The molecule has 30 heavy (non-hydrogen) atoms. The number of benzene rings is 1. The molecule has 1 aliphatic heterocycles. The lowest BCUT2D eigenvalue weighted by atomic mass is 9.80. The number of hydrogen-bond acceptors (Lipinski definition) is 8. The molecule has 2 N–H and O–H groups in total. The first kappa shape index (κ1) is 22.2. The Morgan fingerprint density at radius 3 is 2.60 bits per heavy atom. The summed E-state index contributed by atoms with van der Waals surface area (Å²) in [5.74, 6) is -0.669. The molecule has 1 atom stereocenters. The number of nitrogens with zero attached hydrogens (tertiary/aromatic N) is 2. The van der Waals surface area contributed by atoms with Crippen LogP contribution in [0.25, 0.3) is 0 Å². The van der Waals surface area contributed by atoms with Gasteiger partial charge in [-0.05, 0) is 55.5 Å². The third-order valence-corrected chi connectivity index (χ3v) is 7.30. The van der Waals surface area contributed by atoms with Crippen molar-refractivity contribution in [2.75, 3.05) is 20.2 Å². The number of piperidine rings is 1. The summed E-state index contributed by atoms with van der Waals surface area (Å²) >= 11 is 0. The highest BCUT2D eigenvalue weighted by atomic mass is 32.2. The highest BCUT2D eigenvalue weighted by Gasteiger charge is 2.34. The van der Waals surface area contributed by atoms with E-state index in [2.05, 4.69) is 34.6 Å². The molecule has 2 heterocycles. The van der Waals surface area contributed by atoms with Gasteiger partial charge in [0.2, 0.25) is 5.89 Å². The minimum Gasteiger partial charge on any atom is -0.497 e. The van der Waals surface area contributed by atoms with Gasteiger partial charge in [-0.1, -0.05) is 19.0 Å². The maximum absolute atomic E-state index is 12.9. The van der Waals surface area contributed by atoms with Crippen molar-refractivity contribution in [2.45, 2.75) is 50.8 Å². The van der Waals surface area contributed by atoms with Crippen LogP contribution in [0, 0.1) is 19.3 Å². The Hall–Kier alpha value is -2.46. The normalized spacial score (nSPS) is 18.8. The number of methoxy groups -OCH3 is 1. The predicted octanol–water partition coefficient (Wildman–Crippen LogP) is 1.79. The second-order valence-electron chi connectivity index (χ2n) is 8.34. The summed E-state index contributed by atoms with van der Waals surface area (Å²) in [4.78, 5) is 16.8. The van der Waals surface area contributed by atoms with Gasteiger partial charge >= 0.3 is 0 Å².